The molecule has 2 heterocycles. The number of aryl methyl sites for hydroxylation is 1. The van der Waals surface area contributed by atoms with E-state index in [1.807, 2.05) is 0 Å². The molecule has 3 rings (SSSR count). The Morgan fingerprint density at radius 3 is 2.24 bits per heavy atom. The summed E-state index contributed by atoms with van der Waals surface area (Å²) in [5.41, 5.74) is 1.64. The molecule has 184 valence electrons. The average Bonchev–Trinajstić information content (AvgIpc) is 3.12. The number of piperazine rings is 1. The second-order valence-electron chi connectivity index (χ2n) is 7.71. The van der Waals surface area contributed by atoms with E-state index in [2.05, 4.69) is 9.72 Å². The van der Waals surface area contributed by atoms with Gasteiger partial charge in [-0.15, -0.1) is 0 Å². The zero-order valence-corrected chi connectivity index (χ0v) is 19.2. The molecule has 1 N–H and O–H groups in total. The van der Waals surface area contributed by atoms with E-state index in [1.54, 1.807) is 24.8 Å². The van der Waals surface area contributed by atoms with Crippen LogP contribution in [0, 0.1) is 13.8 Å². The third kappa shape index (κ3) is 5.53. The number of esters is 1. The number of benzene rings is 1. The molecule has 0 atom stereocenters. The quantitative estimate of drug-likeness (QED) is 0.462. The second-order valence-corrected chi connectivity index (χ2v) is 7.71. The lowest BCUT2D eigenvalue weighted by Gasteiger charge is -2.35. The molecule has 1 aliphatic rings. The number of H-pyrrole nitrogens is 1. The van der Waals surface area contributed by atoms with Gasteiger partial charge in [0.05, 0.1) is 17.7 Å². The van der Waals surface area contributed by atoms with Gasteiger partial charge < -0.3 is 29.0 Å². The van der Waals surface area contributed by atoms with Crippen LogP contribution in [0.5, 0.6) is 5.75 Å². The zero-order valence-electron chi connectivity index (χ0n) is 19.2. The predicted octanol–water partition coefficient (Wildman–Crippen LogP) is 2.63. The minimum Gasteiger partial charge on any atom is -0.460 e. The molecule has 0 radical (unpaired) electrons. The number of para-hydroxylation sites is 1. The fourth-order valence-electron chi connectivity index (χ4n) is 3.84. The van der Waals surface area contributed by atoms with Crippen LogP contribution in [0.15, 0.2) is 24.3 Å². The highest BCUT2D eigenvalue weighted by atomic mass is 19.3. The lowest BCUT2D eigenvalue weighted by Crippen LogP contribution is -2.50. The number of carbonyl (C=O) groups is 3. The normalized spacial score (nSPS) is 13.8. The highest BCUT2D eigenvalue weighted by Gasteiger charge is 2.30. The van der Waals surface area contributed by atoms with Crippen LogP contribution in [0.4, 0.5) is 8.78 Å². The summed E-state index contributed by atoms with van der Waals surface area (Å²) in [6, 6.07) is 5.82. The third-order valence-corrected chi connectivity index (χ3v) is 5.56. The Morgan fingerprint density at radius 2 is 1.62 bits per heavy atom. The number of aromatic nitrogens is 1. The molecular formula is C23H27F2N3O6. The maximum absolute atomic E-state index is 13.1. The molecule has 11 heteroatoms. The van der Waals surface area contributed by atoms with E-state index < -0.39 is 18.5 Å². The zero-order chi connectivity index (χ0) is 24.8. The minimum atomic E-state index is -3.04. The van der Waals surface area contributed by atoms with Crippen LogP contribution in [0.2, 0.25) is 0 Å². The van der Waals surface area contributed by atoms with Gasteiger partial charge in [0.25, 0.3) is 11.8 Å². The van der Waals surface area contributed by atoms with Gasteiger partial charge >= 0.3 is 12.6 Å². The standard InChI is InChI=1S/C23H27F2N3O6/c1-14-18(22(31)33-13-12-32-3)15(2)26-19(14)21(30)28-10-8-27(9-11-28)20(29)16-6-4-5-7-17(16)34-23(24)25/h4-7,23,26H,8-13H2,1-3H3. The summed E-state index contributed by atoms with van der Waals surface area (Å²) >= 11 is 0. The minimum absolute atomic E-state index is 0.0371. The SMILES string of the molecule is COCCOC(=O)c1c(C)[nH]c(C(=O)N2CCN(C(=O)c3ccccc3OC(F)F)CC2)c1C. The van der Waals surface area contributed by atoms with Crippen molar-refractivity contribution in [3.05, 3.63) is 52.3 Å². The lowest BCUT2D eigenvalue weighted by molar-refractivity contribution is -0.0503. The summed E-state index contributed by atoms with van der Waals surface area (Å²) in [5, 5.41) is 0. The topological polar surface area (TPSA) is 101 Å². The average molecular weight is 479 g/mol. The Hall–Kier alpha value is -3.47. The first-order valence-electron chi connectivity index (χ1n) is 10.7. The fraction of sp³-hybridized carbons (Fsp3) is 0.435. The van der Waals surface area contributed by atoms with Crippen LogP contribution in [-0.4, -0.2) is 85.7 Å². The van der Waals surface area contributed by atoms with Gasteiger partial charge in [0, 0.05) is 39.0 Å². The van der Waals surface area contributed by atoms with E-state index in [-0.39, 0.29) is 62.3 Å². The molecule has 1 saturated heterocycles. The first kappa shape index (κ1) is 25.2. The Morgan fingerprint density at radius 1 is 1.00 bits per heavy atom. The Bertz CT molecular complexity index is 1050. The van der Waals surface area contributed by atoms with Crippen molar-refractivity contribution in [2.45, 2.75) is 20.5 Å². The second kappa shape index (κ2) is 11.1. The third-order valence-electron chi connectivity index (χ3n) is 5.56. The number of carbonyl (C=O) groups excluding carboxylic acids is 3. The number of aromatic amines is 1. The van der Waals surface area contributed by atoms with Gasteiger partial charge in [-0.05, 0) is 31.5 Å². The number of nitrogens with zero attached hydrogens (tertiary/aromatic N) is 2. The number of methoxy groups -OCH3 is 1. The summed E-state index contributed by atoms with van der Waals surface area (Å²) in [7, 11) is 1.50. The molecule has 2 amide bonds. The van der Waals surface area contributed by atoms with Crippen LogP contribution in [0.25, 0.3) is 0 Å². The van der Waals surface area contributed by atoms with E-state index in [1.165, 1.54) is 30.2 Å². The van der Waals surface area contributed by atoms with Crippen molar-refractivity contribution in [1.82, 2.24) is 14.8 Å². The largest absolute Gasteiger partial charge is 0.460 e. The van der Waals surface area contributed by atoms with E-state index >= 15 is 0 Å². The Labute approximate surface area is 195 Å². The molecule has 34 heavy (non-hydrogen) atoms. The van der Waals surface area contributed by atoms with Crippen molar-refractivity contribution in [3.8, 4) is 5.75 Å². The van der Waals surface area contributed by atoms with Gasteiger partial charge in [-0.3, -0.25) is 9.59 Å². The summed E-state index contributed by atoms with van der Waals surface area (Å²) in [5.74, 6) is -1.48. The van der Waals surface area contributed by atoms with E-state index in [9.17, 15) is 23.2 Å². The lowest BCUT2D eigenvalue weighted by atomic mass is 10.1. The van der Waals surface area contributed by atoms with Gasteiger partial charge in [0.2, 0.25) is 0 Å². The highest BCUT2D eigenvalue weighted by Crippen LogP contribution is 2.24. The van der Waals surface area contributed by atoms with Crippen LogP contribution in [-0.2, 0) is 9.47 Å². The smallest absolute Gasteiger partial charge is 0.387 e. The molecule has 1 aliphatic heterocycles. The van der Waals surface area contributed by atoms with Crippen LogP contribution >= 0.6 is 0 Å². The molecule has 1 aromatic carbocycles. The maximum atomic E-state index is 13.1. The van der Waals surface area contributed by atoms with E-state index in [0.29, 0.717) is 16.8 Å². The summed E-state index contributed by atoms with van der Waals surface area (Å²) < 4.78 is 39.8. The first-order valence-corrected chi connectivity index (χ1v) is 10.7. The molecule has 0 unspecified atom stereocenters. The predicted molar refractivity (Wildman–Crippen MR) is 117 cm³/mol. The Balaban J connectivity index is 1.66. The number of ether oxygens (including phenoxy) is 3. The van der Waals surface area contributed by atoms with E-state index in [0.717, 1.165) is 0 Å². The van der Waals surface area contributed by atoms with Crippen molar-refractivity contribution in [1.29, 1.82) is 0 Å². The molecule has 0 saturated carbocycles. The van der Waals surface area contributed by atoms with Crippen molar-refractivity contribution >= 4 is 17.8 Å². The molecule has 9 nitrogen and oxygen atoms in total. The monoisotopic (exact) mass is 479 g/mol. The number of hydrogen-bond donors (Lipinski definition) is 1. The van der Waals surface area contributed by atoms with Crippen molar-refractivity contribution < 1.29 is 37.4 Å². The number of halogens is 2. The van der Waals surface area contributed by atoms with Crippen molar-refractivity contribution in [3.63, 3.8) is 0 Å². The summed E-state index contributed by atoms with van der Waals surface area (Å²) in [6.45, 7) is 1.61. The molecule has 1 aromatic heterocycles. The molecule has 0 aliphatic carbocycles. The summed E-state index contributed by atoms with van der Waals surface area (Å²) in [6.07, 6.45) is 0. The number of rotatable bonds is 8. The Kier molecular flexibility index (Phi) is 8.21. The highest BCUT2D eigenvalue weighted by molar-refractivity contribution is 6.01. The molecule has 1 fully saturated rings. The van der Waals surface area contributed by atoms with Gasteiger partial charge in [-0.2, -0.15) is 8.78 Å². The molecule has 2 aromatic rings. The number of hydrogen-bond acceptors (Lipinski definition) is 6. The van der Waals surface area contributed by atoms with Gasteiger partial charge in [-0.1, -0.05) is 12.1 Å². The molecule has 0 bridgehead atoms. The van der Waals surface area contributed by atoms with Crippen molar-refractivity contribution in [2.24, 2.45) is 0 Å². The first-order chi connectivity index (χ1) is 16.2. The van der Waals surface area contributed by atoms with E-state index in [4.69, 9.17) is 9.47 Å². The fourth-order valence-corrected chi connectivity index (χ4v) is 3.84. The van der Waals surface area contributed by atoms with Crippen LogP contribution < -0.4 is 4.74 Å². The van der Waals surface area contributed by atoms with Gasteiger partial charge in [0.15, 0.2) is 0 Å². The van der Waals surface area contributed by atoms with Crippen LogP contribution in [0.3, 0.4) is 0 Å². The number of nitrogens with one attached hydrogen (secondary N) is 1. The molecule has 0 spiro atoms. The van der Waals surface area contributed by atoms with Gasteiger partial charge in [0.1, 0.15) is 18.1 Å². The van der Waals surface area contributed by atoms with Crippen LogP contribution in [0.1, 0.15) is 42.5 Å². The summed E-state index contributed by atoms with van der Waals surface area (Å²) in [4.78, 5) is 44.4. The number of amides is 2. The maximum Gasteiger partial charge on any atom is 0.387 e. The molecular weight excluding hydrogens is 452 g/mol. The van der Waals surface area contributed by atoms with Crippen molar-refractivity contribution in [2.75, 3.05) is 46.5 Å². The number of alkyl halides is 2. The van der Waals surface area contributed by atoms with Gasteiger partial charge in [-0.25, -0.2) is 4.79 Å².